The number of carbonyl (C=O) groups is 1. The van der Waals surface area contributed by atoms with Gasteiger partial charge in [0.05, 0.1) is 37.1 Å². The van der Waals surface area contributed by atoms with Crippen LogP contribution < -0.4 is 4.74 Å². The van der Waals surface area contributed by atoms with Crippen LogP contribution in [0.3, 0.4) is 0 Å². The van der Waals surface area contributed by atoms with Crippen molar-refractivity contribution in [2.24, 2.45) is 5.92 Å². The lowest BCUT2D eigenvalue weighted by Gasteiger charge is -2.34. The van der Waals surface area contributed by atoms with E-state index in [1.54, 1.807) is 37.9 Å². The second-order valence-corrected chi connectivity index (χ2v) is 9.57. The maximum Gasteiger partial charge on any atom is 0.406 e. The van der Waals surface area contributed by atoms with Crippen LogP contribution in [0.25, 0.3) is 16.9 Å². The average Bonchev–Trinajstić information content (AvgIpc) is 3.49. The Balaban J connectivity index is 1.45. The van der Waals surface area contributed by atoms with Crippen LogP contribution in [0.2, 0.25) is 0 Å². The van der Waals surface area contributed by atoms with Gasteiger partial charge in [0.2, 0.25) is 5.91 Å². The quantitative estimate of drug-likeness (QED) is 0.469. The Kier molecular flexibility index (Phi) is 6.57. The third-order valence-corrected chi connectivity index (χ3v) is 6.86. The number of amides is 1. The molecule has 194 valence electrons. The number of fused-ring (bicyclic) bond motifs is 1. The number of hydrogen-bond donors (Lipinski definition) is 0. The summed E-state index contributed by atoms with van der Waals surface area (Å²) < 4.78 is 49.1. The molecule has 0 radical (unpaired) electrons. The number of alkyl halides is 3. The van der Waals surface area contributed by atoms with E-state index in [4.69, 9.17) is 16.3 Å². The summed E-state index contributed by atoms with van der Waals surface area (Å²) in [6.07, 6.45) is 6.18. The fourth-order valence-corrected chi connectivity index (χ4v) is 5.11. The first-order chi connectivity index (χ1) is 17.6. The highest BCUT2D eigenvalue weighted by Gasteiger charge is 2.43. The van der Waals surface area contributed by atoms with Gasteiger partial charge in [-0.3, -0.25) is 4.79 Å². The maximum absolute atomic E-state index is 13.5. The van der Waals surface area contributed by atoms with E-state index in [0.29, 0.717) is 34.9 Å². The molecule has 0 spiro atoms. The standard InChI is InChI=1S/C25H24ClF3N6O2/c1-15-11-33(14-30-15)21-6-3-16(10-23(21)37-2)19-12-35(32-31-19)22-7-4-17-9-18(26)5-8-20(17)34(24(22)36)13-25(27,28)29/h3,5-6,8-12,14,17,20,22H,4,7,13H2,1-2H3/t17?,20?,22-/m1/s1. The van der Waals surface area contributed by atoms with Crippen LogP contribution in [0.4, 0.5) is 13.2 Å². The molecule has 8 nitrogen and oxygen atoms in total. The van der Waals surface area contributed by atoms with Gasteiger partial charge in [-0.1, -0.05) is 35.0 Å². The van der Waals surface area contributed by atoms with Gasteiger partial charge >= 0.3 is 6.18 Å². The summed E-state index contributed by atoms with van der Waals surface area (Å²) in [6, 6.07) is 3.82. The molecule has 3 aromatic rings. The van der Waals surface area contributed by atoms with Crippen molar-refractivity contribution in [3.8, 4) is 22.7 Å². The summed E-state index contributed by atoms with van der Waals surface area (Å²) >= 11 is 6.11. The van der Waals surface area contributed by atoms with Gasteiger partial charge in [0.1, 0.15) is 24.0 Å². The number of halogens is 4. The number of benzene rings is 1. The minimum Gasteiger partial charge on any atom is -0.495 e. The van der Waals surface area contributed by atoms with Crippen LogP contribution >= 0.6 is 11.6 Å². The summed E-state index contributed by atoms with van der Waals surface area (Å²) in [6.45, 7) is 0.531. The molecule has 1 aliphatic carbocycles. The first kappa shape index (κ1) is 25.1. The molecule has 1 fully saturated rings. The van der Waals surface area contributed by atoms with Crippen LogP contribution in [0.15, 0.2) is 60.2 Å². The Morgan fingerprint density at radius 1 is 1.22 bits per heavy atom. The molecule has 1 amide bonds. The van der Waals surface area contributed by atoms with E-state index >= 15 is 0 Å². The number of rotatable bonds is 5. The molecule has 0 saturated carbocycles. The highest BCUT2D eigenvalue weighted by atomic mass is 35.5. The largest absolute Gasteiger partial charge is 0.495 e. The SMILES string of the molecule is COc1cc(-c2cn([C@@H]3CCC4C=C(Cl)C=CC4N(CC(F)(F)F)C3=O)nn2)ccc1-n1cnc(C)c1. The fourth-order valence-electron chi connectivity index (χ4n) is 4.88. The Morgan fingerprint density at radius 2 is 2.03 bits per heavy atom. The van der Waals surface area contributed by atoms with Crippen LogP contribution in [0, 0.1) is 12.8 Å². The number of aryl methyl sites for hydroxylation is 1. The predicted octanol–water partition coefficient (Wildman–Crippen LogP) is 4.85. The van der Waals surface area contributed by atoms with Crippen molar-refractivity contribution in [1.29, 1.82) is 0 Å². The zero-order valence-corrected chi connectivity index (χ0v) is 20.8. The molecule has 1 saturated heterocycles. The van der Waals surface area contributed by atoms with Gasteiger partial charge in [0.15, 0.2) is 0 Å². The second-order valence-electron chi connectivity index (χ2n) is 9.13. The Hall–Kier alpha value is -3.60. The third-order valence-electron chi connectivity index (χ3n) is 6.61. The number of likely N-dealkylation sites (tertiary alicyclic amines) is 1. The number of carbonyl (C=O) groups excluding carboxylic acids is 1. The van der Waals surface area contributed by atoms with Crippen LogP contribution in [0.5, 0.6) is 5.75 Å². The molecule has 0 N–H and O–H groups in total. The molecular weight excluding hydrogens is 509 g/mol. The second kappa shape index (κ2) is 9.70. The van der Waals surface area contributed by atoms with E-state index in [1.165, 1.54) is 10.8 Å². The van der Waals surface area contributed by atoms with E-state index in [1.807, 2.05) is 29.8 Å². The normalized spacial score (nSPS) is 22.0. The lowest BCUT2D eigenvalue weighted by atomic mass is 9.90. The molecule has 2 aromatic heterocycles. The third kappa shape index (κ3) is 5.13. The monoisotopic (exact) mass is 532 g/mol. The van der Waals surface area contributed by atoms with Crippen LogP contribution in [-0.4, -0.2) is 61.2 Å². The predicted molar refractivity (Wildman–Crippen MR) is 130 cm³/mol. The number of imidazole rings is 1. The molecule has 0 bridgehead atoms. The zero-order valence-electron chi connectivity index (χ0n) is 20.1. The molecule has 5 rings (SSSR count). The van der Waals surface area contributed by atoms with Crippen molar-refractivity contribution in [2.75, 3.05) is 13.7 Å². The van der Waals surface area contributed by atoms with Crippen molar-refractivity contribution in [2.45, 2.75) is 38.0 Å². The van der Waals surface area contributed by atoms with E-state index in [0.717, 1.165) is 16.3 Å². The van der Waals surface area contributed by atoms with Gasteiger partial charge in [0.25, 0.3) is 0 Å². The molecule has 2 aliphatic rings. The van der Waals surface area contributed by atoms with Crippen molar-refractivity contribution < 1.29 is 22.7 Å². The zero-order chi connectivity index (χ0) is 26.3. The lowest BCUT2D eigenvalue weighted by Crippen LogP contribution is -2.48. The summed E-state index contributed by atoms with van der Waals surface area (Å²) in [5.74, 6) is -0.396. The Morgan fingerprint density at radius 3 is 2.73 bits per heavy atom. The minimum absolute atomic E-state index is 0.300. The number of nitrogens with zero attached hydrogens (tertiary/aromatic N) is 6. The first-order valence-electron chi connectivity index (χ1n) is 11.7. The fraction of sp³-hybridized carbons (Fsp3) is 0.360. The van der Waals surface area contributed by atoms with Crippen LogP contribution in [0.1, 0.15) is 24.6 Å². The summed E-state index contributed by atoms with van der Waals surface area (Å²) in [7, 11) is 1.55. The first-order valence-corrected chi connectivity index (χ1v) is 12.0. The van der Waals surface area contributed by atoms with Gasteiger partial charge in [-0.2, -0.15) is 13.2 Å². The number of ether oxygens (including phenoxy) is 1. The van der Waals surface area contributed by atoms with Gasteiger partial charge in [-0.05, 0) is 38.0 Å². The van der Waals surface area contributed by atoms with Gasteiger partial charge < -0.3 is 14.2 Å². The average molecular weight is 533 g/mol. The molecule has 3 heterocycles. The smallest absolute Gasteiger partial charge is 0.406 e. The summed E-state index contributed by atoms with van der Waals surface area (Å²) in [5.41, 5.74) is 2.78. The number of allylic oxidation sites excluding steroid dienone is 2. The van der Waals surface area contributed by atoms with Crippen molar-refractivity contribution in [1.82, 2.24) is 29.4 Å². The topological polar surface area (TPSA) is 78.1 Å². The van der Waals surface area contributed by atoms with Crippen LogP contribution in [-0.2, 0) is 4.79 Å². The molecule has 3 atom stereocenters. The number of hydrogen-bond acceptors (Lipinski definition) is 5. The Labute approximate surface area is 216 Å². The maximum atomic E-state index is 13.5. The van der Waals surface area contributed by atoms with Gasteiger partial charge in [-0.15, -0.1) is 5.10 Å². The van der Waals surface area contributed by atoms with E-state index in [2.05, 4.69) is 15.3 Å². The molecule has 2 unspecified atom stereocenters. The van der Waals surface area contributed by atoms with Gasteiger partial charge in [-0.25, -0.2) is 9.67 Å². The molecule has 37 heavy (non-hydrogen) atoms. The molecule has 1 aliphatic heterocycles. The van der Waals surface area contributed by atoms with Crippen molar-refractivity contribution >= 4 is 17.5 Å². The molecule has 1 aromatic carbocycles. The number of aromatic nitrogens is 5. The van der Waals surface area contributed by atoms with E-state index in [-0.39, 0.29) is 5.92 Å². The van der Waals surface area contributed by atoms with E-state index in [9.17, 15) is 18.0 Å². The molecular formula is C25H24ClF3N6O2. The minimum atomic E-state index is -4.55. The van der Waals surface area contributed by atoms with Crippen molar-refractivity contribution in [3.05, 3.63) is 65.9 Å². The molecule has 12 heteroatoms. The van der Waals surface area contributed by atoms with Crippen molar-refractivity contribution in [3.63, 3.8) is 0 Å². The van der Waals surface area contributed by atoms with E-state index < -0.39 is 30.7 Å². The Bertz CT molecular complexity index is 1380. The lowest BCUT2D eigenvalue weighted by molar-refractivity contribution is -0.166. The summed E-state index contributed by atoms with van der Waals surface area (Å²) in [4.78, 5) is 18.5. The van der Waals surface area contributed by atoms with Gasteiger partial charge in [0, 0.05) is 22.7 Å². The summed E-state index contributed by atoms with van der Waals surface area (Å²) in [5, 5.41) is 8.79. The number of methoxy groups -OCH3 is 1. The highest BCUT2D eigenvalue weighted by molar-refractivity contribution is 6.31. The highest BCUT2D eigenvalue weighted by Crippen LogP contribution is 2.37.